The molecule has 0 amide bonds. The summed E-state index contributed by atoms with van der Waals surface area (Å²) in [4.78, 5) is 0. The molecule has 0 saturated carbocycles. The predicted molar refractivity (Wildman–Crippen MR) is 235 cm³/mol. The maximum absolute atomic E-state index is 7.29. The van der Waals surface area contributed by atoms with Gasteiger partial charge < -0.3 is 42.3 Å². The number of methoxy groups -OCH3 is 1. The number of ether oxygens (including phenoxy) is 8. The monoisotopic (exact) mass is 834 g/mol. The molecule has 4 aromatic carbocycles. The second kappa shape index (κ2) is 22.1. The van der Waals surface area contributed by atoms with Crippen LogP contribution in [-0.2, 0) is 68.7 Å². The van der Waals surface area contributed by atoms with Gasteiger partial charge >= 0.3 is 0 Å². The van der Waals surface area contributed by atoms with Crippen LogP contribution < -0.4 is 0 Å². The van der Waals surface area contributed by atoms with Crippen molar-refractivity contribution in [3.63, 3.8) is 0 Å². The minimum Gasteiger partial charge on any atom is -0.541 e. The molecule has 2 heterocycles. The molecule has 6 rings (SSSR count). The van der Waals surface area contributed by atoms with E-state index in [2.05, 4.69) is 76.3 Å². The largest absolute Gasteiger partial charge is 0.541 e. The highest BCUT2D eigenvalue weighted by molar-refractivity contribution is 6.74. The van der Waals surface area contributed by atoms with Crippen LogP contribution in [0.15, 0.2) is 156 Å². The Hall–Kier alpha value is -4.84. The summed E-state index contributed by atoms with van der Waals surface area (Å²) in [7, 11) is -0.870. The Morgan fingerprint density at radius 1 is 0.650 bits per heavy atom. The number of benzene rings is 4. The van der Waals surface area contributed by atoms with Crippen molar-refractivity contribution < 1.29 is 42.3 Å². The Kier molecular flexibility index (Phi) is 16.5. The Morgan fingerprint density at radius 3 is 1.73 bits per heavy atom. The van der Waals surface area contributed by atoms with Gasteiger partial charge in [0.1, 0.15) is 38.0 Å². The van der Waals surface area contributed by atoms with E-state index in [4.69, 9.17) is 42.3 Å². The summed E-state index contributed by atoms with van der Waals surface area (Å²) in [6, 6.07) is 40.6. The molecule has 10 heteroatoms. The van der Waals surface area contributed by atoms with E-state index in [0.717, 1.165) is 28.0 Å². The number of rotatable bonds is 22. The molecule has 0 bridgehead atoms. The molecule has 60 heavy (non-hydrogen) atoms. The lowest BCUT2D eigenvalue weighted by molar-refractivity contribution is -0.104. The third-order valence-corrected chi connectivity index (χ3v) is 15.3. The Bertz CT molecular complexity index is 1980. The fourth-order valence-electron chi connectivity index (χ4n) is 6.55. The lowest BCUT2D eigenvalue weighted by Crippen LogP contribution is -2.44. The van der Waals surface area contributed by atoms with Gasteiger partial charge in [-0.1, -0.05) is 142 Å². The van der Waals surface area contributed by atoms with Crippen LogP contribution in [0.5, 0.6) is 0 Å². The molecular formula is C50H62O9Si. The van der Waals surface area contributed by atoms with E-state index in [0.29, 0.717) is 81.9 Å². The van der Waals surface area contributed by atoms with Gasteiger partial charge in [-0.2, -0.15) is 0 Å². The summed E-state index contributed by atoms with van der Waals surface area (Å²) in [5.41, 5.74) is 4.24. The van der Waals surface area contributed by atoms with Gasteiger partial charge in [-0.15, -0.1) is 0 Å². The second-order valence-electron chi connectivity index (χ2n) is 16.6. The van der Waals surface area contributed by atoms with Crippen LogP contribution in [0.1, 0.15) is 62.3 Å². The molecule has 0 N–H and O–H groups in total. The van der Waals surface area contributed by atoms with Crippen LogP contribution in [-0.4, -0.2) is 53.7 Å². The van der Waals surface area contributed by atoms with E-state index in [1.165, 1.54) is 0 Å². The van der Waals surface area contributed by atoms with Gasteiger partial charge in [0.15, 0.2) is 11.9 Å². The average molecular weight is 835 g/mol. The third-order valence-electron chi connectivity index (χ3n) is 10.9. The fourth-order valence-corrected chi connectivity index (χ4v) is 7.63. The highest BCUT2D eigenvalue weighted by Gasteiger charge is 2.45. The van der Waals surface area contributed by atoms with Crippen LogP contribution in [0, 0.1) is 0 Å². The lowest BCUT2D eigenvalue weighted by atomic mass is 10.0. The van der Waals surface area contributed by atoms with Gasteiger partial charge in [0, 0.05) is 20.0 Å². The molecule has 0 radical (unpaired) electrons. The quantitative estimate of drug-likeness (QED) is 0.0437. The first-order valence-electron chi connectivity index (χ1n) is 21.0. The van der Waals surface area contributed by atoms with Gasteiger partial charge in [-0.3, -0.25) is 0 Å². The normalized spacial score (nSPS) is 18.4. The maximum atomic E-state index is 7.29. The zero-order valence-corrected chi connectivity index (χ0v) is 37.1. The summed E-state index contributed by atoms with van der Waals surface area (Å²) in [5.74, 6) is 3.02. The number of hydrogen-bond acceptors (Lipinski definition) is 9. The molecular weight excluding hydrogens is 773 g/mol. The maximum Gasteiger partial charge on any atom is 0.250 e. The molecule has 0 aromatic heterocycles. The molecule has 2 aliphatic heterocycles. The molecule has 4 aromatic rings. The van der Waals surface area contributed by atoms with Crippen molar-refractivity contribution in [1.29, 1.82) is 0 Å². The lowest BCUT2D eigenvalue weighted by Gasteiger charge is -2.41. The summed E-state index contributed by atoms with van der Waals surface area (Å²) in [5, 5.41) is -0.122. The van der Waals surface area contributed by atoms with Crippen molar-refractivity contribution in [2.24, 2.45) is 0 Å². The van der Waals surface area contributed by atoms with E-state index in [1.54, 1.807) is 7.11 Å². The van der Waals surface area contributed by atoms with Crippen LogP contribution in [0.4, 0.5) is 0 Å². The predicted octanol–water partition coefficient (Wildman–Crippen LogP) is 11.1. The SMILES string of the molecule is COCOCCC1=C(OCc2ccccc2)C(OCc2ccccc2)=C(O[Si](C)(C)C(C)(C)C)[C@@H](CC2=CC[C@H](OCc3ccccc3)[C@@H](COCc3ccccc3)O2)O1. The summed E-state index contributed by atoms with van der Waals surface area (Å²) < 4.78 is 58.6. The zero-order valence-electron chi connectivity index (χ0n) is 36.1. The van der Waals surface area contributed by atoms with E-state index < -0.39 is 14.4 Å². The molecule has 3 atom stereocenters. The topological polar surface area (TPSA) is 83.1 Å². The highest BCUT2D eigenvalue weighted by atomic mass is 28.4. The van der Waals surface area contributed by atoms with Gasteiger partial charge in [0.25, 0.3) is 0 Å². The van der Waals surface area contributed by atoms with Crippen LogP contribution >= 0.6 is 0 Å². The van der Waals surface area contributed by atoms with Gasteiger partial charge in [0.05, 0.1) is 32.2 Å². The molecule has 320 valence electrons. The first-order valence-corrected chi connectivity index (χ1v) is 23.9. The molecule has 0 aliphatic carbocycles. The van der Waals surface area contributed by atoms with Crippen molar-refractivity contribution in [2.45, 2.75) is 103 Å². The van der Waals surface area contributed by atoms with Gasteiger partial charge in [-0.25, -0.2) is 0 Å². The molecule has 0 fully saturated rings. The van der Waals surface area contributed by atoms with Gasteiger partial charge in [0.2, 0.25) is 19.8 Å². The molecule has 0 unspecified atom stereocenters. The van der Waals surface area contributed by atoms with E-state index >= 15 is 0 Å². The molecule has 0 saturated heterocycles. The summed E-state index contributed by atoms with van der Waals surface area (Å²) in [6.45, 7) is 13.6. The van der Waals surface area contributed by atoms with Crippen molar-refractivity contribution in [3.05, 3.63) is 178 Å². The standard InChI is InChI=1S/C50H62O9Si/c1-50(2,3)60(5,6)59-48-45(31-42-27-28-43(54-33-39-21-13-8-14-22-39)46(57-42)36-53-32-38-19-11-7-12-20-38)58-44(29-30-52-37-51-4)47(55-34-40-23-15-9-16-24-40)49(48)56-35-41-25-17-10-18-26-41/h7-27,43,45-46H,28-37H2,1-6H3/t43-,45+,46+/m0/s1. The average Bonchev–Trinajstić information content (AvgIpc) is 3.25. The van der Waals surface area contributed by atoms with Crippen LogP contribution in [0.3, 0.4) is 0 Å². The number of hydrogen-bond donors (Lipinski definition) is 0. The fraction of sp³-hybridized carbons (Fsp3) is 0.400. The minimum absolute atomic E-state index is 0.122. The third kappa shape index (κ3) is 13.1. The molecule has 9 nitrogen and oxygen atoms in total. The summed E-state index contributed by atoms with van der Waals surface area (Å²) >= 11 is 0. The van der Waals surface area contributed by atoms with Crippen molar-refractivity contribution in [2.75, 3.05) is 27.1 Å². The smallest absolute Gasteiger partial charge is 0.250 e. The van der Waals surface area contributed by atoms with Crippen LogP contribution in [0.2, 0.25) is 18.1 Å². The second-order valence-corrected chi connectivity index (χ2v) is 21.4. The van der Waals surface area contributed by atoms with E-state index in [1.807, 2.05) is 84.9 Å². The van der Waals surface area contributed by atoms with Crippen molar-refractivity contribution >= 4 is 8.32 Å². The Labute approximate surface area is 358 Å². The first-order chi connectivity index (χ1) is 29.1. The Balaban J connectivity index is 1.35. The van der Waals surface area contributed by atoms with E-state index in [9.17, 15) is 0 Å². The first kappa shape index (κ1) is 44.7. The zero-order chi connectivity index (χ0) is 42.2. The summed E-state index contributed by atoms with van der Waals surface area (Å²) in [6.07, 6.45) is 2.40. The van der Waals surface area contributed by atoms with Crippen molar-refractivity contribution in [1.82, 2.24) is 0 Å². The van der Waals surface area contributed by atoms with E-state index in [-0.39, 0.29) is 24.0 Å². The Morgan fingerprint density at radius 2 is 1.18 bits per heavy atom. The van der Waals surface area contributed by atoms with Gasteiger partial charge in [-0.05, 0) is 52.9 Å². The molecule has 2 aliphatic rings. The van der Waals surface area contributed by atoms with Crippen molar-refractivity contribution in [3.8, 4) is 0 Å². The highest BCUT2D eigenvalue weighted by Crippen LogP contribution is 2.44. The van der Waals surface area contributed by atoms with Crippen LogP contribution in [0.25, 0.3) is 0 Å². The molecule has 0 spiro atoms. The minimum atomic E-state index is -2.48.